The van der Waals surface area contributed by atoms with Gasteiger partial charge < -0.3 is 10.3 Å². The van der Waals surface area contributed by atoms with E-state index >= 15 is 0 Å². The van der Waals surface area contributed by atoms with Crippen LogP contribution in [-0.2, 0) is 17.5 Å². The maximum Gasteiger partial charge on any atom is 0.416 e. The summed E-state index contributed by atoms with van der Waals surface area (Å²) in [6, 6.07) is 5.64. The van der Waals surface area contributed by atoms with Gasteiger partial charge in [0.15, 0.2) is 0 Å². The molecule has 0 spiro atoms. The molecule has 1 amide bonds. The third-order valence-corrected chi connectivity index (χ3v) is 4.27. The Kier molecular flexibility index (Phi) is 4.21. The van der Waals surface area contributed by atoms with Gasteiger partial charge in [-0.2, -0.15) is 13.2 Å². The largest absolute Gasteiger partial charge is 0.416 e. The van der Waals surface area contributed by atoms with Gasteiger partial charge in [0.05, 0.1) is 11.1 Å². The molecule has 130 valence electrons. The van der Waals surface area contributed by atoms with E-state index in [2.05, 4.69) is 10.3 Å². The van der Waals surface area contributed by atoms with Gasteiger partial charge in [0.2, 0.25) is 5.91 Å². The minimum Gasteiger partial charge on any atom is -0.325 e. The zero-order chi connectivity index (χ0) is 18.2. The van der Waals surface area contributed by atoms with E-state index in [9.17, 15) is 27.6 Å². The van der Waals surface area contributed by atoms with Crippen LogP contribution in [0.3, 0.4) is 0 Å². The minimum atomic E-state index is -4.54. The number of hydrogen-bond acceptors (Lipinski definition) is 4. The zero-order valence-electron chi connectivity index (χ0n) is 12.4. The molecule has 2 N–H and O–H groups in total. The normalized spacial score (nSPS) is 11.6. The molecule has 3 aromatic rings. The molecule has 0 fully saturated rings. The Morgan fingerprint density at radius 3 is 2.72 bits per heavy atom. The van der Waals surface area contributed by atoms with Crippen LogP contribution in [0.25, 0.3) is 10.2 Å². The van der Waals surface area contributed by atoms with E-state index in [1.165, 1.54) is 6.07 Å². The van der Waals surface area contributed by atoms with E-state index in [-0.39, 0.29) is 10.4 Å². The molecule has 0 saturated heterocycles. The van der Waals surface area contributed by atoms with Gasteiger partial charge in [-0.25, -0.2) is 9.36 Å². The first-order chi connectivity index (χ1) is 11.8. The summed E-state index contributed by atoms with van der Waals surface area (Å²) >= 11 is 1.11. The van der Waals surface area contributed by atoms with Gasteiger partial charge in [0.25, 0.3) is 5.56 Å². The lowest BCUT2D eigenvalue weighted by Crippen LogP contribution is -2.38. The lowest BCUT2D eigenvalue weighted by molar-refractivity contribution is -0.137. The molecule has 0 aliphatic heterocycles. The molecule has 10 heteroatoms. The molecule has 0 atom stereocenters. The predicted molar refractivity (Wildman–Crippen MR) is 86.8 cm³/mol. The highest BCUT2D eigenvalue weighted by molar-refractivity contribution is 7.17. The minimum absolute atomic E-state index is 0.0819. The molecular formula is C15H10F3N3O3S. The number of amides is 1. The number of nitrogens with one attached hydrogen (secondary N) is 2. The second-order valence-corrected chi connectivity index (χ2v) is 6.03. The fourth-order valence-electron chi connectivity index (χ4n) is 2.23. The molecule has 2 heterocycles. The number of fused-ring (bicyclic) bond motifs is 1. The number of H-pyrrole nitrogens is 1. The topological polar surface area (TPSA) is 84.0 Å². The van der Waals surface area contributed by atoms with Crippen molar-refractivity contribution < 1.29 is 18.0 Å². The summed E-state index contributed by atoms with van der Waals surface area (Å²) in [4.78, 5) is 38.6. The molecule has 3 rings (SSSR count). The van der Waals surface area contributed by atoms with Crippen LogP contribution in [0.15, 0.2) is 45.3 Å². The van der Waals surface area contributed by atoms with Crippen LogP contribution in [0, 0.1) is 0 Å². The van der Waals surface area contributed by atoms with Crippen molar-refractivity contribution in [3.63, 3.8) is 0 Å². The summed E-state index contributed by atoms with van der Waals surface area (Å²) in [6.45, 7) is -0.613. The summed E-state index contributed by atoms with van der Waals surface area (Å²) in [5.74, 6) is -0.789. The second-order valence-electron chi connectivity index (χ2n) is 5.11. The third-order valence-electron chi connectivity index (χ3n) is 3.37. The number of aromatic amines is 1. The third kappa shape index (κ3) is 3.48. The van der Waals surface area contributed by atoms with E-state index in [0.717, 1.165) is 29.5 Å². The molecule has 0 aliphatic rings. The first-order valence-electron chi connectivity index (χ1n) is 6.93. The number of thiophene rings is 1. The van der Waals surface area contributed by atoms with Crippen LogP contribution in [-0.4, -0.2) is 15.5 Å². The molecule has 0 unspecified atom stereocenters. The SMILES string of the molecule is O=C(Cn1c(=O)[nH]c2ccsc2c1=O)Nc1cccc(C(F)(F)F)c1. The van der Waals surface area contributed by atoms with Crippen LogP contribution in [0.4, 0.5) is 18.9 Å². The van der Waals surface area contributed by atoms with Gasteiger partial charge in [0.1, 0.15) is 11.2 Å². The van der Waals surface area contributed by atoms with Crippen molar-refractivity contribution in [2.24, 2.45) is 0 Å². The van der Waals surface area contributed by atoms with Crippen LogP contribution in [0.2, 0.25) is 0 Å². The summed E-state index contributed by atoms with van der Waals surface area (Å²) in [5.41, 5.74) is -2.03. The number of hydrogen-bond donors (Lipinski definition) is 2. The maximum absolute atomic E-state index is 12.7. The molecule has 1 aromatic carbocycles. The first-order valence-corrected chi connectivity index (χ1v) is 7.81. The average molecular weight is 369 g/mol. The Morgan fingerprint density at radius 1 is 1.24 bits per heavy atom. The number of carbonyl (C=O) groups excluding carboxylic acids is 1. The highest BCUT2D eigenvalue weighted by Crippen LogP contribution is 2.30. The molecule has 0 saturated carbocycles. The van der Waals surface area contributed by atoms with Gasteiger partial charge in [-0.3, -0.25) is 9.59 Å². The zero-order valence-corrected chi connectivity index (χ0v) is 13.2. The quantitative estimate of drug-likeness (QED) is 0.744. The summed E-state index contributed by atoms with van der Waals surface area (Å²) in [6.07, 6.45) is -4.54. The summed E-state index contributed by atoms with van der Waals surface area (Å²) in [7, 11) is 0. The number of alkyl halides is 3. The fraction of sp³-hybridized carbons (Fsp3) is 0.133. The Labute approximate surface area is 141 Å². The van der Waals surface area contributed by atoms with Gasteiger partial charge in [-0.1, -0.05) is 6.07 Å². The van der Waals surface area contributed by atoms with Crippen molar-refractivity contribution >= 4 is 33.1 Å². The molecule has 0 bridgehead atoms. The molecule has 6 nitrogen and oxygen atoms in total. The highest BCUT2D eigenvalue weighted by Gasteiger charge is 2.30. The monoisotopic (exact) mass is 369 g/mol. The smallest absolute Gasteiger partial charge is 0.325 e. The maximum atomic E-state index is 12.7. The Bertz CT molecular complexity index is 1070. The van der Waals surface area contributed by atoms with Gasteiger partial charge in [-0.15, -0.1) is 11.3 Å². The molecule has 2 aromatic heterocycles. The van der Waals surface area contributed by atoms with E-state index in [0.29, 0.717) is 10.1 Å². The van der Waals surface area contributed by atoms with Crippen LogP contribution in [0.1, 0.15) is 5.56 Å². The molecule has 25 heavy (non-hydrogen) atoms. The van der Waals surface area contributed by atoms with Gasteiger partial charge >= 0.3 is 11.9 Å². The molecular weight excluding hydrogens is 359 g/mol. The Balaban J connectivity index is 1.84. The number of rotatable bonds is 3. The van der Waals surface area contributed by atoms with E-state index < -0.39 is 35.4 Å². The van der Waals surface area contributed by atoms with Crippen molar-refractivity contribution in [1.82, 2.24) is 9.55 Å². The Morgan fingerprint density at radius 2 is 2.00 bits per heavy atom. The summed E-state index contributed by atoms with van der Waals surface area (Å²) in [5, 5.41) is 3.87. The number of halogens is 3. The average Bonchev–Trinajstić information content (AvgIpc) is 2.99. The summed E-state index contributed by atoms with van der Waals surface area (Å²) < 4.78 is 39.0. The number of aromatic nitrogens is 2. The highest BCUT2D eigenvalue weighted by atomic mass is 32.1. The van der Waals surface area contributed by atoms with Crippen molar-refractivity contribution in [2.45, 2.75) is 12.7 Å². The van der Waals surface area contributed by atoms with Crippen molar-refractivity contribution in [3.8, 4) is 0 Å². The number of carbonyl (C=O) groups is 1. The first kappa shape index (κ1) is 17.0. The Hall–Kier alpha value is -2.88. The van der Waals surface area contributed by atoms with Gasteiger partial charge in [0, 0.05) is 5.69 Å². The number of anilines is 1. The molecule has 0 radical (unpaired) electrons. The standard InChI is InChI=1S/C15H10F3N3O3S/c16-15(17,18)8-2-1-3-9(6-8)19-11(22)7-21-13(23)12-10(4-5-25-12)20-14(21)24/h1-6H,7H2,(H,19,22)(H,20,24). The second kappa shape index (κ2) is 6.20. The lowest BCUT2D eigenvalue weighted by atomic mass is 10.2. The van der Waals surface area contributed by atoms with E-state index in [4.69, 9.17) is 0 Å². The van der Waals surface area contributed by atoms with Crippen molar-refractivity contribution in [3.05, 3.63) is 62.1 Å². The van der Waals surface area contributed by atoms with Crippen LogP contribution >= 0.6 is 11.3 Å². The van der Waals surface area contributed by atoms with Crippen molar-refractivity contribution in [2.75, 3.05) is 5.32 Å². The predicted octanol–water partition coefficient (Wildman–Crippen LogP) is 2.41. The van der Waals surface area contributed by atoms with E-state index in [1.807, 2.05) is 0 Å². The van der Waals surface area contributed by atoms with Crippen molar-refractivity contribution in [1.29, 1.82) is 0 Å². The van der Waals surface area contributed by atoms with E-state index in [1.54, 1.807) is 11.4 Å². The fourth-order valence-corrected chi connectivity index (χ4v) is 3.03. The number of nitrogens with zero attached hydrogens (tertiary/aromatic N) is 1. The van der Waals surface area contributed by atoms with Gasteiger partial charge in [-0.05, 0) is 29.6 Å². The molecule has 0 aliphatic carbocycles. The van der Waals surface area contributed by atoms with Crippen LogP contribution < -0.4 is 16.6 Å². The number of benzene rings is 1. The van der Waals surface area contributed by atoms with Crippen LogP contribution in [0.5, 0.6) is 0 Å². The lowest BCUT2D eigenvalue weighted by Gasteiger charge is -2.10.